The third-order valence-corrected chi connectivity index (χ3v) is 12.1. The molecule has 11 rings (SSSR count). The third-order valence-electron chi connectivity index (χ3n) is 11.0. The maximum atomic E-state index is 7.00. The lowest BCUT2D eigenvalue weighted by Gasteiger charge is -2.25. The fourth-order valence-corrected chi connectivity index (χ4v) is 9.40. The van der Waals surface area contributed by atoms with Crippen molar-refractivity contribution in [3.05, 3.63) is 199 Å². The molecule has 0 radical (unpaired) electrons. The van der Waals surface area contributed by atoms with Gasteiger partial charge in [0.05, 0.1) is 0 Å². The molecule has 4 nitrogen and oxygen atoms in total. The van der Waals surface area contributed by atoms with E-state index in [0.29, 0.717) is 17.5 Å². The van der Waals surface area contributed by atoms with Gasteiger partial charge in [0.1, 0.15) is 11.9 Å². The van der Waals surface area contributed by atoms with E-state index in [1.807, 2.05) is 35.6 Å². The molecule has 264 valence electrons. The normalized spacial score (nSPS) is 15.7. The van der Waals surface area contributed by atoms with Gasteiger partial charge < -0.3 is 4.74 Å². The van der Waals surface area contributed by atoms with Gasteiger partial charge in [-0.2, -0.15) is 0 Å². The van der Waals surface area contributed by atoms with Gasteiger partial charge in [-0.25, -0.2) is 15.0 Å². The van der Waals surface area contributed by atoms with Crippen molar-refractivity contribution in [3.8, 4) is 62.2 Å². The summed E-state index contributed by atoms with van der Waals surface area (Å²) in [6, 6.07) is 59.5. The standard InChI is InChI=1S/C51H33N3OS/c1-4-14-32(15-5-1)33-26-28-36(29-27-33)50-52-49(35-18-8-3-9-19-35)53-51(54-50)40-23-13-24-44-47(40)39-22-12-21-38(48(39)55-44)42-31-46-43(37-20-10-11-25-45(37)56-46)30-41(42)34-16-6-2-7-17-34/h1-31,39,48H. The van der Waals surface area contributed by atoms with E-state index in [9.17, 15) is 0 Å². The summed E-state index contributed by atoms with van der Waals surface area (Å²) in [4.78, 5) is 15.4. The summed E-state index contributed by atoms with van der Waals surface area (Å²) in [5.41, 5.74) is 11.0. The SMILES string of the molecule is C1=CC2c3c(cccc3-c3nc(-c4ccccc4)nc(-c4ccc(-c5ccccc5)cc4)n3)OC2C(c2cc3sc4ccccc4c3cc2-c2ccccc2)=C1. The Labute approximate surface area is 328 Å². The average molecular weight is 736 g/mol. The van der Waals surface area contributed by atoms with Crippen LogP contribution in [0.3, 0.4) is 0 Å². The van der Waals surface area contributed by atoms with Crippen LogP contribution in [0.15, 0.2) is 188 Å². The van der Waals surface area contributed by atoms with E-state index in [-0.39, 0.29) is 12.0 Å². The maximum Gasteiger partial charge on any atom is 0.164 e. The van der Waals surface area contributed by atoms with Gasteiger partial charge in [0.25, 0.3) is 0 Å². The molecule has 0 N–H and O–H groups in total. The zero-order valence-electron chi connectivity index (χ0n) is 30.2. The summed E-state index contributed by atoms with van der Waals surface area (Å²) in [5, 5.41) is 2.57. The second-order valence-electron chi connectivity index (χ2n) is 14.3. The molecule has 0 fully saturated rings. The number of allylic oxidation sites excluding steroid dienone is 2. The number of fused-ring (bicyclic) bond motifs is 6. The van der Waals surface area contributed by atoms with Crippen molar-refractivity contribution in [2.45, 2.75) is 12.0 Å². The quantitative estimate of drug-likeness (QED) is 0.171. The van der Waals surface area contributed by atoms with Crippen LogP contribution in [0.5, 0.6) is 5.75 Å². The molecule has 1 aliphatic heterocycles. The van der Waals surface area contributed by atoms with E-state index in [2.05, 4.69) is 164 Å². The van der Waals surface area contributed by atoms with Gasteiger partial charge in [-0.1, -0.05) is 164 Å². The molecule has 0 spiro atoms. The molecule has 2 aliphatic rings. The van der Waals surface area contributed by atoms with Crippen LogP contribution in [-0.2, 0) is 0 Å². The molecule has 9 aromatic rings. The van der Waals surface area contributed by atoms with Gasteiger partial charge >= 0.3 is 0 Å². The Bertz CT molecular complexity index is 2990. The zero-order valence-corrected chi connectivity index (χ0v) is 31.0. The molecular formula is C51H33N3OS. The number of benzene rings is 7. The van der Waals surface area contributed by atoms with Gasteiger partial charge in [0.15, 0.2) is 17.5 Å². The second-order valence-corrected chi connectivity index (χ2v) is 15.3. The van der Waals surface area contributed by atoms with Gasteiger partial charge in [-0.05, 0) is 52.1 Å². The molecule has 0 saturated carbocycles. The molecule has 2 unspecified atom stereocenters. The highest BCUT2D eigenvalue weighted by atomic mass is 32.1. The summed E-state index contributed by atoms with van der Waals surface area (Å²) < 4.78 is 9.56. The molecule has 0 saturated heterocycles. The van der Waals surface area contributed by atoms with Crippen LogP contribution < -0.4 is 4.74 Å². The molecule has 3 heterocycles. The summed E-state index contributed by atoms with van der Waals surface area (Å²) in [6.07, 6.45) is 6.48. The van der Waals surface area contributed by atoms with Crippen LogP contribution in [0.1, 0.15) is 17.0 Å². The van der Waals surface area contributed by atoms with E-state index in [1.165, 1.54) is 42.4 Å². The Morgan fingerprint density at radius 2 is 1.05 bits per heavy atom. The lowest BCUT2D eigenvalue weighted by molar-refractivity contribution is 0.278. The number of thiophene rings is 1. The van der Waals surface area contributed by atoms with Crippen LogP contribution in [-0.4, -0.2) is 21.1 Å². The molecule has 0 amide bonds. The van der Waals surface area contributed by atoms with Crippen LogP contribution in [0, 0.1) is 0 Å². The number of nitrogens with zero attached hydrogens (tertiary/aromatic N) is 3. The molecule has 0 bridgehead atoms. The van der Waals surface area contributed by atoms with Crippen LogP contribution in [0.4, 0.5) is 0 Å². The Morgan fingerprint density at radius 1 is 0.446 bits per heavy atom. The van der Waals surface area contributed by atoms with Crippen molar-refractivity contribution in [2.24, 2.45) is 0 Å². The molecule has 1 aliphatic carbocycles. The number of hydrogen-bond acceptors (Lipinski definition) is 5. The number of hydrogen-bond donors (Lipinski definition) is 0. The fourth-order valence-electron chi connectivity index (χ4n) is 8.27. The fraction of sp³-hybridized carbons (Fsp3) is 0.0392. The van der Waals surface area contributed by atoms with E-state index in [1.54, 1.807) is 0 Å². The Kier molecular flexibility index (Phi) is 7.78. The van der Waals surface area contributed by atoms with E-state index in [4.69, 9.17) is 19.7 Å². The summed E-state index contributed by atoms with van der Waals surface area (Å²) >= 11 is 1.85. The zero-order chi connectivity index (χ0) is 37.0. The first-order chi connectivity index (χ1) is 27.7. The third kappa shape index (κ3) is 5.55. The van der Waals surface area contributed by atoms with E-state index >= 15 is 0 Å². The van der Waals surface area contributed by atoms with Crippen molar-refractivity contribution >= 4 is 37.1 Å². The summed E-state index contributed by atoms with van der Waals surface area (Å²) in [7, 11) is 0. The van der Waals surface area contributed by atoms with Crippen molar-refractivity contribution < 1.29 is 4.74 Å². The van der Waals surface area contributed by atoms with Crippen molar-refractivity contribution in [3.63, 3.8) is 0 Å². The predicted molar refractivity (Wildman–Crippen MR) is 231 cm³/mol. The molecule has 7 aromatic carbocycles. The van der Waals surface area contributed by atoms with Crippen LogP contribution in [0.25, 0.3) is 82.2 Å². The lowest BCUT2D eigenvalue weighted by atomic mass is 9.80. The van der Waals surface area contributed by atoms with Crippen LogP contribution >= 0.6 is 11.3 Å². The first-order valence-corrected chi connectivity index (χ1v) is 19.7. The van der Waals surface area contributed by atoms with Crippen molar-refractivity contribution in [1.82, 2.24) is 15.0 Å². The highest BCUT2D eigenvalue weighted by Gasteiger charge is 2.40. The molecule has 2 aromatic heterocycles. The molecular weight excluding hydrogens is 703 g/mol. The summed E-state index contributed by atoms with van der Waals surface area (Å²) in [5.74, 6) is 2.71. The van der Waals surface area contributed by atoms with E-state index in [0.717, 1.165) is 39.1 Å². The van der Waals surface area contributed by atoms with Gasteiger partial charge in [-0.15, -0.1) is 11.3 Å². The number of rotatable bonds is 6. The maximum absolute atomic E-state index is 7.00. The number of ether oxygens (including phenoxy) is 1. The average Bonchev–Trinajstić information content (AvgIpc) is 3.85. The highest BCUT2D eigenvalue weighted by molar-refractivity contribution is 7.25. The first-order valence-electron chi connectivity index (χ1n) is 18.9. The smallest absolute Gasteiger partial charge is 0.164 e. The molecule has 5 heteroatoms. The Morgan fingerprint density at radius 3 is 1.80 bits per heavy atom. The van der Waals surface area contributed by atoms with E-state index < -0.39 is 0 Å². The van der Waals surface area contributed by atoms with Gasteiger partial charge in [0, 0.05) is 53.9 Å². The molecule has 2 atom stereocenters. The minimum atomic E-state index is -0.217. The first kappa shape index (κ1) is 32.5. The Balaban J connectivity index is 1.03. The minimum Gasteiger partial charge on any atom is -0.484 e. The monoisotopic (exact) mass is 735 g/mol. The lowest BCUT2D eigenvalue weighted by Crippen LogP contribution is -2.22. The van der Waals surface area contributed by atoms with Crippen LogP contribution in [0.2, 0.25) is 0 Å². The topological polar surface area (TPSA) is 47.9 Å². The number of aromatic nitrogens is 3. The largest absolute Gasteiger partial charge is 0.484 e. The Hall–Kier alpha value is -6.95. The van der Waals surface area contributed by atoms with Gasteiger partial charge in [-0.3, -0.25) is 0 Å². The minimum absolute atomic E-state index is 0.0338. The molecule has 56 heavy (non-hydrogen) atoms. The highest BCUT2D eigenvalue weighted by Crippen LogP contribution is 2.51. The predicted octanol–water partition coefficient (Wildman–Crippen LogP) is 13.1. The van der Waals surface area contributed by atoms with Gasteiger partial charge in [0.2, 0.25) is 0 Å². The second kappa shape index (κ2) is 13.4. The van der Waals surface area contributed by atoms with Crippen molar-refractivity contribution in [2.75, 3.05) is 0 Å². The van der Waals surface area contributed by atoms with Crippen molar-refractivity contribution in [1.29, 1.82) is 0 Å². The summed E-state index contributed by atoms with van der Waals surface area (Å²) in [6.45, 7) is 0.